The van der Waals surface area contributed by atoms with Crippen molar-refractivity contribution in [2.24, 2.45) is 5.92 Å². The molecule has 20 heavy (non-hydrogen) atoms. The molecule has 3 saturated heterocycles. The van der Waals surface area contributed by atoms with E-state index in [2.05, 4.69) is 28.7 Å². The van der Waals surface area contributed by atoms with Gasteiger partial charge in [0.2, 0.25) is 0 Å². The highest BCUT2D eigenvalue weighted by atomic mass is 15.2. The highest BCUT2D eigenvalue weighted by Gasteiger charge is 2.30. The maximum absolute atomic E-state index is 2.80. The Morgan fingerprint density at radius 1 is 0.700 bits per heavy atom. The standard InChI is InChI=1S/C17H33N3/c1-15-5-10-19(11-6-15)16-7-12-20(13-8-16)17-4-3-9-18(2)14-17/h15-17H,3-14H2,1-2H3. The van der Waals surface area contributed by atoms with E-state index in [4.69, 9.17) is 0 Å². The summed E-state index contributed by atoms with van der Waals surface area (Å²) in [6.07, 6.45) is 8.49. The van der Waals surface area contributed by atoms with Crippen molar-refractivity contribution in [3.63, 3.8) is 0 Å². The van der Waals surface area contributed by atoms with E-state index in [0.717, 1.165) is 18.0 Å². The highest BCUT2D eigenvalue weighted by molar-refractivity contribution is 4.87. The first-order chi connectivity index (χ1) is 9.72. The van der Waals surface area contributed by atoms with Crippen LogP contribution in [0.4, 0.5) is 0 Å². The van der Waals surface area contributed by atoms with Gasteiger partial charge in [-0.2, -0.15) is 0 Å². The molecule has 0 bridgehead atoms. The fourth-order valence-electron chi connectivity index (χ4n) is 4.45. The molecule has 0 aromatic carbocycles. The predicted octanol–water partition coefficient (Wildman–Crippen LogP) is 2.28. The smallest absolute Gasteiger partial charge is 0.0223 e. The third-order valence-corrected chi connectivity index (χ3v) is 5.95. The molecular weight excluding hydrogens is 246 g/mol. The molecule has 0 aromatic heterocycles. The molecule has 3 heteroatoms. The van der Waals surface area contributed by atoms with Gasteiger partial charge in [0, 0.05) is 18.6 Å². The molecule has 0 spiro atoms. The first kappa shape index (κ1) is 14.8. The van der Waals surface area contributed by atoms with Gasteiger partial charge in [0.1, 0.15) is 0 Å². The van der Waals surface area contributed by atoms with Gasteiger partial charge in [-0.1, -0.05) is 6.92 Å². The zero-order chi connectivity index (χ0) is 13.9. The summed E-state index contributed by atoms with van der Waals surface area (Å²) in [6, 6.07) is 1.73. The molecule has 1 atom stereocenters. The van der Waals surface area contributed by atoms with Gasteiger partial charge in [-0.25, -0.2) is 0 Å². The maximum atomic E-state index is 2.80. The van der Waals surface area contributed by atoms with Crippen molar-refractivity contribution in [3.8, 4) is 0 Å². The van der Waals surface area contributed by atoms with Crippen molar-refractivity contribution >= 4 is 0 Å². The van der Waals surface area contributed by atoms with Gasteiger partial charge in [-0.05, 0) is 84.2 Å². The molecule has 3 fully saturated rings. The number of hydrogen-bond donors (Lipinski definition) is 0. The summed E-state index contributed by atoms with van der Waals surface area (Å²) in [6.45, 7) is 10.4. The van der Waals surface area contributed by atoms with Gasteiger partial charge in [-0.15, -0.1) is 0 Å². The Labute approximate surface area is 125 Å². The minimum atomic E-state index is 0.844. The third-order valence-electron chi connectivity index (χ3n) is 5.95. The van der Waals surface area contributed by atoms with Gasteiger partial charge in [-0.3, -0.25) is 4.90 Å². The average molecular weight is 279 g/mol. The molecule has 3 aliphatic heterocycles. The van der Waals surface area contributed by atoms with E-state index in [-0.39, 0.29) is 0 Å². The number of hydrogen-bond acceptors (Lipinski definition) is 3. The van der Waals surface area contributed by atoms with Crippen LogP contribution in [-0.2, 0) is 0 Å². The Balaban J connectivity index is 1.44. The lowest BCUT2D eigenvalue weighted by Gasteiger charge is -2.45. The van der Waals surface area contributed by atoms with Crippen LogP contribution < -0.4 is 0 Å². The van der Waals surface area contributed by atoms with E-state index in [1.165, 1.54) is 77.8 Å². The topological polar surface area (TPSA) is 9.72 Å². The highest BCUT2D eigenvalue weighted by Crippen LogP contribution is 2.25. The van der Waals surface area contributed by atoms with Crippen molar-refractivity contribution in [1.82, 2.24) is 14.7 Å². The molecule has 0 N–H and O–H groups in total. The number of likely N-dealkylation sites (tertiary alicyclic amines) is 3. The van der Waals surface area contributed by atoms with Crippen LogP contribution in [0.5, 0.6) is 0 Å². The monoisotopic (exact) mass is 279 g/mol. The zero-order valence-electron chi connectivity index (χ0n) is 13.6. The van der Waals surface area contributed by atoms with Crippen molar-refractivity contribution in [2.45, 2.75) is 57.5 Å². The molecule has 116 valence electrons. The zero-order valence-corrected chi connectivity index (χ0v) is 13.6. The second-order valence-electron chi connectivity index (χ2n) is 7.54. The minimum absolute atomic E-state index is 0.844. The summed E-state index contributed by atoms with van der Waals surface area (Å²) >= 11 is 0. The van der Waals surface area contributed by atoms with Crippen molar-refractivity contribution in [1.29, 1.82) is 0 Å². The molecule has 0 aromatic rings. The van der Waals surface area contributed by atoms with Crippen molar-refractivity contribution in [3.05, 3.63) is 0 Å². The Bertz CT molecular complexity index is 291. The summed E-state index contributed by atoms with van der Waals surface area (Å²) in [5.41, 5.74) is 0. The fourth-order valence-corrected chi connectivity index (χ4v) is 4.45. The summed E-state index contributed by atoms with van der Waals surface area (Å²) in [7, 11) is 2.29. The lowest BCUT2D eigenvalue weighted by molar-refractivity contribution is 0.0432. The lowest BCUT2D eigenvalue weighted by atomic mass is 9.93. The molecular formula is C17H33N3. The molecule has 3 rings (SSSR count). The van der Waals surface area contributed by atoms with E-state index >= 15 is 0 Å². The molecule has 3 heterocycles. The maximum Gasteiger partial charge on any atom is 0.0223 e. The first-order valence-corrected chi connectivity index (χ1v) is 8.89. The molecule has 0 saturated carbocycles. The van der Waals surface area contributed by atoms with Gasteiger partial charge in [0.25, 0.3) is 0 Å². The molecule has 3 nitrogen and oxygen atoms in total. The molecule has 1 unspecified atom stereocenters. The van der Waals surface area contributed by atoms with E-state index in [1.807, 2.05) is 0 Å². The van der Waals surface area contributed by atoms with E-state index in [1.54, 1.807) is 0 Å². The second kappa shape index (κ2) is 6.76. The van der Waals surface area contributed by atoms with Gasteiger partial charge in [0.05, 0.1) is 0 Å². The van der Waals surface area contributed by atoms with Crippen LogP contribution in [0.15, 0.2) is 0 Å². The Kier molecular flexibility index (Phi) is 5.00. The van der Waals surface area contributed by atoms with Crippen LogP contribution in [-0.4, -0.2) is 73.1 Å². The van der Waals surface area contributed by atoms with Crippen LogP contribution in [0.25, 0.3) is 0 Å². The van der Waals surface area contributed by atoms with Crippen LogP contribution >= 0.6 is 0 Å². The number of rotatable bonds is 2. The Morgan fingerprint density at radius 2 is 1.30 bits per heavy atom. The van der Waals surface area contributed by atoms with Crippen molar-refractivity contribution in [2.75, 3.05) is 46.3 Å². The summed E-state index contributed by atoms with van der Waals surface area (Å²) < 4.78 is 0. The van der Waals surface area contributed by atoms with E-state index in [0.29, 0.717) is 0 Å². The predicted molar refractivity (Wildman–Crippen MR) is 85.1 cm³/mol. The van der Waals surface area contributed by atoms with Crippen LogP contribution in [0.3, 0.4) is 0 Å². The normalized spacial score (nSPS) is 33.6. The molecule has 3 aliphatic rings. The van der Waals surface area contributed by atoms with Gasteiger partial charge in [0.15, 0.2) is 0 Å². The summed E-state index contributed by atoms with van der Waals surface area (Å²) in [5, 5.41) is 0. The molecule has 0 radical (unpaired) electrons. The Morgan fingerprint density at radius 3 is 1.95 bits per heavy atom. The third kappa shape index (κ3) is 3.55. The lowest BCUT2D eigenvalue weighted by Crippen LogP contribution is -2.53. The summed E-state index contributed by atoms with van der Waals surface area (Å²) in [4.78, 5) is 8.11. The van der Waals surface area contributed by atoms with Crippen LogP contribution in [0, 0.1) is 5.92 Å². The number of likely N-dealkylation sites (N-methyl/N-ethyl adjacent to an activating group) is 1. The quantitative estimate of drug-likeness (QED) is 0.768. The Hall–Kier alpha value is -0.120. The van der Waals surface area contributed by atoms with Crippen LogP contribution in [0.1, 0.15) is 45.4 Å². The molecule has 0 amide bonds. The average Bonchev–Trinajstić information content (AvgIpc) is 2.48. The number of piperidine rings is 3. The van der Waals surface area contributed by atoms with Gasteiger partial charge >= 0.3 is 0 Å². The molecule has 0 aliphatic carbocycles. The van der Waals surface area contributed by atoms with E-state index in [9.17, 15) is 0 Å². The number of nitrogens with zero attached hydrogens (tertiary/aromatic N) is 3. The van der Waals surface area contributed by atoms with Crippen LogP contribution in [0.2, 0.25) is 0 Å². The van der Waals surface area contributed by atoms with Gasteiger partial charge < -0.3 is 9.80 Å². The first-order valence-electron chi connectivity index (χ1n) is 8.89. The summed E-state index contributed by atoms with van der Waals surface area (Å²) in [5.74, 6) is 0.962. The second-order valence-corrected chi connectivity index (χ2v) is 7.54. The van der Waals surface area contributed by atoms with Crippen molar-refractivity contribution < 1.29 is 0 Å². The SMILES string of the molecule is CC1CCN(C2CCN(C3CCCN(C)C3)CC2)CC1. The van der Waals surface area contributed by atoms with E-state index < -0.39 is 0 Å². The fraction of sp³-hybridized carbons (Fsp3) is 1.00. The largest absolute Gasteiger partial charge is 0.305 e. The minimum Gasteiger partial charge on any atom is -0.305 e.